The molecule has 1 saturated carbocycles. The van der Waals surface area contributed by atoms with Gasteiger partial charge in [-0.3, -0.25) is 4.79 Å². The van der Waals surface area contributed by atoms with Crippen molar-refractivity contribution in [3.8, 4) is 0 Å². The second-order valence-corrected chi connectivity index (χ2v) is 4.90. The van der Waals surface area contributed by atoms with Crippen molar-refractivity contribution in [3.05, 3.63) is 35.4 Å². The normalized spacial score (nSPS) is 25.9. The summed E-state index contributed by atoms with van der Waals surface area (Å²) >= 11 is 0. The van der Waals surface area contributed by atoms with E-state index in [2.05, 4.69) is 38.1 Å². The highest BCUT2D eigenvalue weighted by Crippen LogP contribution is 2.29. The molecule has 1 aromatic rings. The summed E-state index contributed by atoms with van der Waals surface area (Å²) in [6.45, 7) is 4.26. The summed E-state index contributed by atoms with van der Waals surface area (Å²) in [4.78, 5) is 11.7. The first-order valence-corrected chi connectivity index (χ1v) is 5.73. The zero-order valence-corrected chi connectivity index (χ0v) is 9.49. The van der Waals surface area contributed by atoms with E-state index in [0.717, 1.165) is 19.3 Å². The van der Waals surface area contributed by atoms with E-state index in [-0.39, 0.29) is 5.92 Å². The van der Waals surface area contributed by atoms with Gasteiger partial charge in [0.2, 0.25) is 0 Å². The van der Waals surface area contributed by atoms with Crippen molar-refractivity contribution in [1.82, 2.24) is 0 Å². The van der Waals surface area contributed by atoms with E-state index in [9.17, 15) is 4.79 Å². The third-order valence-electron chi connectivity index (χ3n) is 3.29. The SMILES string of the molecule is Cc1ccc(C[C@@H]2C[C@@H](C)CC2=O)cc1. The lowest BCUT2D eigenvalue weighted by Crippen LogP contribution is -2.09. The molecule has 1 aliphatic rings. The molecule has 1 aromatic carbocycles. The van der Waals surface area contributed by atoms with E-state index in [1.165, 1.54) is 11.1 Å². The summed E-state index contributed by atoms with van der Waals surface area (Å²) < 4.78 is 0. The summed E-state index contributed by atoms with van der Waals surface area (Å²) in [5.74, 6) is 1.33. The molecule has 1 aliphatic carbocycles. The minimum absolute atomic E-state index is 0.280. The first-order valence-electron chi connectivity index (χ1n) is 5.73. The highest BCUT2D eigenvalue weighted by atomic mass is 16.1. The van der Waals surface area contributed by atoms with Gasteiger partial charge < -0.3 is 0 Å². The zero-order valence-electron chi connectivity index (χ0n) is 9.49. The lowest BCUT2D eigenvalue weighted by atomic mass is 9.96. The Labute approximate surface area is 91.5 Å². The predicted molar refractivity (Wildman–Crippen MR) is 61.8 cm³/mol. The van der Waals surface area contributed by atoms with Crippen LogP contribution in [-0.2, 0) is 11.2 Å². The average Bonchev–Trinajstić information content (AvgIpc) is 2.49. The molecule has 15 heavy (non-hydrogen) atoms. The first kappa shape index (κ1) is 10.4. The largest absolute Gasteiger partial charge is 0.299 e. The van der Waals surface area contributed by atoms with Crippen LogP contribution in [0.1, 0.15) is 30.9 Å². The van der Waals surface area contributed by atoms with Crippen LogP contribution in [0.2, 0.25) is 0 Å². The molecule has 0 bridgehead atoms. The summed E-state index contributed by atoms with van der Waals surface area (Å²) in [5.41, 5.74) is 2.58. The smallest absolute Gasteiger partial charge is 0.136 e. The van der Waals surface area contributed by atoms with Crippen LogP contribution in [0.4, 0.5) is 0 Å². The molecule has 1 nitrogen and oxygen atoms in total. The van der Waals surface area contributed by atoms with Gasteiger partial charge in [-0.15, -0.1) is 0 Å². The van der Waals surface area contributed by atoms with E-state index in [4.69, 9.17) is 0 Å². The Balaban J connectivity index is 2.03. The minimum atomic E-state index is 0.280. The highest BCUT2D eigenvalue weighted by molar-refractivity contribution is 5.83. The highest BCUT2D eigenvalue weighted by Gasteiger charge is 2.29. The van der Waals surface area contributed by atoms with Gasteiger partial charge in [0.1, 0.15) is 5.78 Å². The van der Waals surface area contributed by atoms with Gasteiger partial charge in [0, 0.05) is 12.3 Å². The van der Waals surface area contributed by atoms with Crippen molar-refractivity contribution < 1.29 is 4.79 Å². The second-order valence-electron chi connectivity index (χ2n) is 4.90. The Morgan fingerprint density at radius 3 is 2.47 bits per heavy atom. The Morgan fingerprint density at radius 1 is 1.27 bits per heavy atom. The van der Waals surface area contributed by atoms with Gasteiger partial charge in [0.15, 0.2) is 0 Å². The van der Waals surface area contributed by atoms with Crippen molar-refractivity contribution in [3.63, 3.8) is 0 Å². The molecular formula is C14H18O. The molecule has 80 valence electrons. The monoisotopic (exact) mass is 202 g/mol. The maximum absolute atomic E-state index is 11.7. The molecule has 0 heterocycles. The van der Waals surface area contributed by atoms with Gasteiger partial charge in [-0.2, -0.15) is 0 Å². The van der Waals surface area contributed by atoms with Crippen LogP contribution in [0.3, 0.4) is 0 Å². The van der Waals surface area contributed by atoms with Gasteiger partial charge in [0.25, 0.3) is 0 Å². The van der Waals surface area contributed by atoms with Crippen LogP contribution in [0.25, 0.3) is 0 Å². The van der Waals surface area contributed by atoms with Crippen LogP contribution in [0.5, 0.6) is 0 Å². The number of hydrogen-bond donors (Lipinski definition) is 0. The van der Waals surface area contributed by atoms with Crippen molar-refractivity contribution in [1.29, 1.82) is 0 Å². The molecule has 0 amide bonds. The fourth-order valence-electron chi connectivity index (χ4n) is 2.42. The summed E-state index contributed by atoms with van der Waals surface area (Å²) in [7, 11) is 0. The molecule has 1 heteroatoms. The maximum Gasteiger partial charge on any atom is 0.136 e. The summed E-state index contributed by atoms with van der Waals surface area (Å²) in [6, 6.07) is 8.54. The standard InChI is InChI=1S/C14H18O/c1-10-3-5-12(6-4-10)9-13-7-11(2)8-14(13)15/h3-6,11,13H,7-9H2,1-2H3/t11-,13+/m1/s1. The second kappa shape index (κ2) is 4.18. The number of ketones is 1. The van der Waals surface area contributed by atoms with Crippen molar-refractivity contribution in [2.24, 2.45) is 11.8 Å². The van der Waals surface area contributed by atoms with E-state index < -0.39 is 0 Å². The minimum Gasteiger partial charge on any atom is -0.299 e. The third kappa shape index (κ3) is 2.47. The molecule has 0 spiro atoms. The number of carbonyl (C=O) groups is 1. The lowest BCUT2D eigenvalue weighted by Gasteiger charge is -2.08. The van der Waals surface area contributed by atoms with Gasteiger partial charge in [-0.05, 0) is 31.2 Å². The quantitative estimate of drug-likeness (QED) is 0.720. The number of benzene rings is 1. The van der Waals surface area contributed by atoms with Crippen LogP contribution < -0.4 is 0 Å². The van der Waals surface area contributed by atoms with Gasteiger partial charge in [0.05, 0.1) is 0 Å². The Morgan fingerprint density at radius 2 is 1.93 bits per heavy atom. The average molecular weight is 202 g/mol. The molecule has 1 fully saturated rings. The maximum atomic E-state index is 11.7. The summed E-state index contributed by atoms with van der Waals surface area (Å²) in [6.07, 6.45) is 2.80. The molecule has 2 rings (SSSR count). The van der Waals surface area contributed by atoms with Crippen molar-refractivity contribution >= 4 is 5.78 Å². The van der Waals surface area contributed by atoms with Gasteiger partial charge >= 0.3 is 0 Å². The molecule has 0 aromatic heterocycles. The number of aryl methyl sites for hydroxylation is 1. The van der Waals surface area contributed by atoms with Crippen LogP contribution in [0.15, 0.2) is 24.3 Å². The zero-order chi connectivity index (χ0) is 10.8. The number of Topliss-reactive ketones (excluding diaryl/α,β-unsaturated/α-hetero) is 1. The van der Waals surface area contributed by atoms with E-state index in [0.29, 0.717) is 11.7 Å². The Hall–Kier alpha value is -1.11. The molecule has 0 saturated heterocycles. The fourth-order valence-corrected chi connectivity index (χ4v) is 2.42. The lowest BCUT2D eigenvalue weighted by molar-refractivity contribution is -0.120. The molecule has 0 unspecified atom stereocenters. The topological polar surface area (TPSA) is 17.1 Å². The van der Waals surface area contributed by atoms with Crippen LogP contribution in [-0.4, -0.2) is 5.78 Å². The van der Waals surface area contributed by atoms with Gasteiger partial charge in [-0.25, -0.2) is 0 Å². The fraction of sp³-hybridized carbons (Fsp3) is 0.500. The Kier molecular flexibility index (Phi) is 2.90. The van der Waals surface area contributed by atoms with E-state index in [1.807, 2.05) is 0 Å². The molecule has 0 aliphatic heterocycles. The first-order chi connectivity index (χ1) is 7.15. The molecular weight excluding hydrogens is 184 g/mol. The summed E-state index contributed by atoms with van der Waals surface area (Å²) in [5, 5.41) is 0. The van der Waals surface area contributed by atoms with E-state index >= 15 is 0 Å². The number of carbonyl (C=O) groups excluding carboxylic acids is 1. The molecule has 2 atom stereocenters. The number of rotatable bonds is 2. The molecule has 0 N–H and O–H groups in total. The van der Waals surface area contributed by atoms with Crippen LogP contribution in [0, 0.1) is 18.8 Å². The molecule has 0 radical (unpaired) electrons. The Bertz CT molecular complexity index is 350. The van der Waals surface area contributed by atoms with Crippen molar-refractivity contribution in [2.75, 3.05) is 0 Å². The predicted octanol–water partition coefficient (Wildman–Crippen LogP) is 3.15. The third-order valence-corrected chi connectivity index (χ3v) is 3.29. The van der Waals surface area contributed by atoms with Gasteiger partial charge in [-0.1, -0.05) is 36.8 Å². The van der Waals surface area contributed by atoms with Crippen molar-refractivity contribution in [2.45, 2.75) is 33.1 Å². The number of hydrogen-bond acceptors (Lipinski definition) is 1. The van der Waals surface area contributed by atoms with E-state index in [1.54, 1.807) is 0 Å². The van der Waals surface area contributed by atoms with Crippen LogP contribution >= 0.6 is 0 Å².